The molecule has 0 spiro atoms. The van der Waals surface area contributed by atoms with Gasteiger partial charge in [-0.1, -0.05) is 0 Å². The van der Waals surface area contributed by atoms with Crippen LogP contribution < -0.4 is 0 Å². The SMILES string of the molecule is OSc1ccc2nc3cc(O)c(O)cc3nc2c1. The summed E-state index contributed by atoms with van der Waals surface area (Å²) in [6, 6.07) is 7.90. The van der Waals surface area contributed by atoms with E-state index in [4.69, 9.17) is 4.55 Å². The summed E-state index contributed by atoms with van der Waals surface area (Å²) in [6.45, 7) is 0. The molecule has 0 fully saturated rings. The summed E-state index contributed by atoms with van der Waals surface area (Å²) in [5.74, 6) is -0.456. The molecule has 0 amide bonds. The molecule has 18 heavy (non-hydrogen) atoms. The zero-order valence-electron chi connectivity index (χ0n) is 9.03. The third-order valence-electron chi connectivity index (χ3n) is 2.61. The molecule has 0 saturated carbocycles. The number of aromatic hydroxyl groups is 2. The Kier molecular flexibility index (Phi) is 2.46. The third-order valence-corrected chi connectivity index (χ3v) is 3.07. The molecular formula is C12H8N2O3S. The first-order valence-corrected chi connectivity index (χ1v) is 5.89. The minimum Gasteiger partial charge on any atom is -0.504 e. The Labute approximate surface area is 106 Å². The van der Waals surface area contributed by atoms with Gasteiger partial charge >= 0.3 is 0 Å². The smallest absolute Gasteiger partial charge is 0.159 e. The topological polar surface area (TPSA) is 86.5 Å². The number of hydrogen-bond donors (Lipinski definition) is 3. The van der Waals surface area contributed by atoms with Crippen LogP contribution in [0.3, 0.4) is 0 Å². The lowest BCUT2D eigenvalue weighted by molar-refractivity contribution is 0.404. The standard InChI is InChI=1S/C12H8N2O3S/c15-11-4-9-10(5-12(11)16)14-8-3-6(18-17)1-2-7(8)13-9/h1-5,15-17H. The molecule has 1 aromatic heterocycles. The van der Waals surface area contributed by atoms with E-state index in [1.165, 1.54) is 12.1 Å². The van der Waals surface area contributed by atoms with Gasteiger partial charge in [-0.05, 0) is 18.2 Å². The summed E-state index contributed by atoms with van der Waals surface area (Å²) in [5, 5.41) is 18.8. The van der Waals surface area contributed by atoms with E-state index in [9.17, 15) is 10.2 Å². The van der Waals surface area contributed by atoms with E-state index in [1.54, 1.807) is 18.2 Å². The molecule has 0 saturated heterocycles. The van der Waals surface area contributed by atoms with Crippen LogP contribution in [0, 0.1) is 0 Å². The molecule has 0 aliphatic heterocycles. The van der Waals surface area contributed by atoms with Crippen molar-refractivity contribution < 1.29 is 14.8 Å². The minimum absolute atomic E-state index is 0.223. The number of benzene rings is 2. The Morgan fingerprint density at radius 3 is 1.94 bits per heavy atom. The summed E-state index contributed by atoms with van der Waals surface area (Å²) in [6.07, 6.45) is 0. The summed E-state index contributed by atoms with van der Waals surface area (Å²) in [5.41, 5.74) is 2.26. The fourth-order valence-electron chi connectivity index (χ4n) is 1.74. The second kappa shape index (κ2) is 4.01. The molecule has 90 valence electrons. The number of rotatable bonds is 1. The van der Waals surface area contributed by atoms with Crippen LogP contribution in [0.4, 0.5) is 0 Å². The first kappa shape index (κ1) is 11.1. The second-order valence-corrected chi connectivity index (χ2v) is 4.45. The average Bonchev–Trinajstić information content (AvgIpc) is 2.37. The molecule has 5 nitrogen and oxygen atoms in total. The molecule has 6 heteroatoms. The molecule has 2 aromatic carbocycles. The number of aromatic nitrogens is 2. The largest absolute Gasteiger partial charge is 0.504 e. The van der Waals surface area contributed by atoms with E-state index in [0.29, 0.717) is 39.0 Å². The zero-order valence-corrected chi connectivity index (χ0v) is 9.85. The molecule has 0 radical (unpaired) electrons. The zero-order chi connectivity index (χ0) is 12.7. The Balaban J connectivity index is 2.36. The molecular weight excluding hydrogens is 252 g/mol. The van der Waals surface area contributed by atoms with Crippen LogP contribution in [-0.4, -0.2) is 24.7 Å². The Bertz CT molecular complexity index is 761. The van der Waals surface area contributed by atoms with Crippen LogP contribution in [0.1, 0.15) is 0 Å². The summed E-state index contributed by atoms with van der Waals surface area (Å²) in [4.78, 5) is 9.33. The third kappa shape index (κ3) is 1.71. The van der Waals surface area contributed by atoms with Gasteiger partial charge in [-0.3, -0.25) is 0 Å². The highest BCUT2D eigenvalue weighted by molar-refractivity contribution is 7.93. The van der Waals surface area contributed by atoms with Crippen LogP contribution in [0.5, 0.6) is 11.5 Å². The van der Waals surface area contributed by atoms with E-state index in [1.807, 2.05) is 0 Å². The monoisotopic (exact) mass is 260 g/mol. The highest BCUT2D eigenvalue weighted by atomic mass is 32.2. The molecule has 3 N–H and O–H groups in total. The van der Waals surface area contributed by atoms with Crippen LogP contribution >= 0.6 is 12.0 Å². The van der Waals surface area contributed by atoms with Gasteiger partial charge in [0.2, 0.25) is 0 Å². The van der Waals surface area contributed by atoms with Crippen molar-refractivity contribution in [2.24, 2.45) is 0 Å². The molecule has 0 bridgehead atoms. The summed E-state index contributed by atoms with van der Waals surface area (Å²) < 4.78 is 8.99. The average molecular weight is 260 g/mol. The van der Waals surface area contributed by atoms with Gasteiger partial charge in [0.1, 0.15) is 0 Å². The summed E-state index contributed by atoms with van der Waals surface area (Å²) >= 11 is 0.637. The fraction of sp³-hybridized carbons (Fsp3) is 0. The Morgan fingerprint density at radius 1 is 0.778 bits per heavy atom. The van der Waals surface area contributed by atoms with E-state index in [0.717, 1.165) is 0 Å². The molecule has 3 rings (SSSR count). The highest BCUT2D eigenvalue weighted by Gasteiger charge is 2.07. The van der Waals surface area contributed by atoms with Crippen LogP contribution in [0.15, 0.2) is 35.2 Å². The molecule has 3 aromatic rings. The maximum Gasteiger partial charge on any atom is 0.159 e. The van der Waals surface area contributed by atoms with Gasteiger partial charge in [0.15, 0.2) is 11.5 Å². The normalized spacial score (nSPS) is 11.2. The number of hydrogen-bond acceptors (Lipinski definition) is 6. The van der Waals surface area contributed by atoms with E-state index in [2.05, 4.69) is 9.97 Å². The predicted octanol–water partition coefficient (Wildman–Crippen LogP) is 2.76. The lowest BCUT2D eigenvalue weighted by Gasteiger charge is -2.04. The Hall–Kier alpha value is -2.05. The van der Waals surface area contributed by atoms with Gasteiger partial charge < -0.3 is 14.8 Å². The van der Waals surface area contributed by atoms with Gasteiger partial charge in [-0.25, -0.2) is 9.97 Å². The quantitative estimate of drug-likeness (QED) is 0.354. The molecule has 0 aliphatic carbocycles. The first-order valence-electron chi connectivity index (χ1n) is 5.12. The highest BCUT2D eigenvalue weighted by Crippen LogP contribution is 2.30. The van der Waals surface area contributed by atoms with Gasteiger partial charge in [0.05, 0.1) is 22.1 Å². The number of fused-ring (bicyclic) bond motifs is 2. The van der Waals surface area contributed by atoms with Gasteiger partial charge in [0.25, 0.3) is 0 Å². The number of nitrogens with zero attached hydrogens (tertiary/aromatic N) is 2. The molecule has 0 atom stereocenters. The van der Waals surface area contributed by atoms with Crippen molar-refractivity contribution in [3.05, 3.63) is 30.3 Å². The molecule has 0 aliphatic rings. The van der Waals surface area contributed by atoms with Gasteiger partial charge in [-0.15, -0.1) is 0 Å². The second-order valence-electron chi connectivity index (χ2n) is 3.80. The van der Waals surface area contributed by atoms with Crippen LogP contribution in [0.25, 0.3) is 22.1 Å². The lowest BCUT2D eigenvalue weighted by Crippen LogP contribution is -1.88. The Morgan fingerprint density at radius 2 is 1.33 bits per heavy atom. The van der Waals surface area contributed by atoms with E-state index >= 15 is 0 Å². The first-order chi connectivity index (χ1) is 8.67. The van der Waals surface area contributed by atoms with Crippen LogP contribution in [0.2, 0.25) is 0 Å². The maximum absolute atomic E-state index is 9.43. The van der Waals surface area contributed by atoms with Crippen molar-refractivity contribution in [3.8, 4) is 11.5 Å². The van der Waals surface area contributed by atoms with Crippen molar-refractivity contribution in [1.29, 1.82) is 0 Å². The van der Waals surface area contributed by atoms with Gasteiger partial charge in [0, 0.05) is 29.1 Å². The summed E-state index contributed by atoms with van der Waals surface area (Å²) in [7, 11) is 0. The maximum atomic E-state index is 9.43. The van der Waals surface area contributed by atoms with Crippen molar-refractivity contribution in [2.45, 2.75) is 4.90 Å². The van der Waals surface area contributed by atoms with Gasteiger partial charge in [-0.2, -0.15) is 0 Å². The minimum atomic E-state index is -0.233. The number of phenols is 2. The number of phenolic OH excluding ortho intramolecular Hbond substituents is 2. The van der Waals surface area contributed by atoms with Crippen molar-refractivity contribution in [1.82, 2.24) is 9.97 Å². The van der Waals surface area contributed by atoms with Crippen molar-refractivity contribution in [2.75, 3.05) is 0 Å². The van der Waals surface area contributed by atoms with Crippen LogP contribution in [-0.2, 0) is 0 Å². The van der Waals surface area contributed by atoms with E-state index < -0.39 is 0 Å². The van der Waals surface area contributed by atoms with Crippen molar-refractivity contribution >= 4 is 34.1 Å². The fourth-order valence-corrected chi connectivity index (χ4v) is 2.03. The molecule has 0 unspecified atom stereocenters. The predicted molar refractivity (Wildman–Crippen MR) is 68.9 cm³/mol. The lowest BCUT2D eigenvalue weighted by atomic mass is 10.2. The van der Waals surface area contributed by atoms with E-state index in [-0.39, 0.29) is 11.5 Å². The van der Waals surface area contributed by atoms with Crippen molar-refractivity contribution in [3.63, 3.8) is 0 Å². The molecule has 1 heterocycles.